The predicted molar refractivity (Wildman–Crippen MR) is 155 cm³/mol. The third-order valence-corrected chi connectivity index (χ3v) is 9.24. The monoisotopic (exact) mass is 616 g/mol. The molecule has 1 unspecified atom stereocenters. The smallest absolute Gasteiger partial charge is 0.351 e. The zero-order chi connectivity index (χ0) is 31.3. The SMILES string of the molecule is CC(C)(C)[C@H](NC(=O)c1cc2cc(C(F)(F)P(=O)(O)O)ccc2[nH]1)C(=O)N1CCC[C@H]1C(=O)NC1CCc2ccccc21. The number of likely N-dealkylation sites (tertiary alicyclic amines) is 1. The van der Waals surface area contributed by atoms with Crippen LogP contribution >= 0.6 is 7.60 Å². The Morgan fingerprint density at radius 1 is 1.07 bits per heavy atom. The second-order valence-electron chi connectivity index (χ2n) is 12.3. The molecule has 230 valence electrons. The minimum Gasteiger partial charge on any atom is -0.351 e. The molecule has 2 aliphatic rings. The molecule has 10 nitrogen and oxygen atoms in total. The summed E-state index contributed by atoms with van der Waals surface area (Å²) in [5.74, 6) is -1.30. The third kappa shape index (κ3) is 5.96. The number of amides is 3. The largest absolute Gasteiger partial charge is 0.399 e. The van der Waals surface area contributed by atoms with Crippen molar-refractivity contribution in [3.63, 3.8) is 0 Å². The fraction of sp³-hybridized carbons (Fsp3) is 0.433. The molecular weight excluding hydrogens is 581 g/mol. The van der Waals surface area contributed by atoms with Crippen LogP contribution in [-0.2, 0) is 26.2 Å². The van der Waals surface area contributed by atoms with E-state index in [0.717, 1.165) is 30.5 Å². The molecule has 1 aromatic heterocycles. The number of aromatic nitrogens is 1. The highest BCUT2D eigenvalue weighted by molar-refractivity contribution is 7.52. The van der Waals surface area contributed by atoms with E-state index in [-0.39, 0.29) is 23.0 Å². The molecule has 1 aliphatic heterocycles. The minimum absolute atomic E-state index is 0.0238. The van der Waals surface area contributed by atoms with Crippen molar-refractivity contribution in [1.29, 1.82) is 0 Å². The van der Waals surface area contributed by atoms with Gasteiger partial charge in [-0.05, 0) is 60.4 Å². The van der Waals surface area contributed by atoms with Crippen molar-refractivity contribution in [1.82, 2.24) is 20.5 Å². The summed E-state index contributed by atoms with van der Waals surface area (Å²) in [6, 6.07) is 10.4. The Labute approximate surface area is 247 Å². The average molecular weight is 617 g/mol. The Kier molecular flexibility index (Phi) is 8.00. The molecule has 3 amide bonds. The van der Waals surface area contributed by atoms with Crippen molar-refractivity contribution in [2.75, 3.05) is 6.54 Å². The summed E-state index contributed by atoms with van der Waals surface area (Å²) in [7, 11) is -5.77. The molecule has 1 aliphatic carbocycles. The molecule has 5 rings (SSSR count). The summed E-state index contributed by atoms with van der Waals surface area (Å²) in [4.78, 5) is 63.1. The number of carbonyl (C=O) groups excluding carboxylic acids is 3. The Morgan fingerprint density at radius 2 is 1.79 bits per heavy atom. The number of alkyl halides is 2. The number of rotatable bonds is 7. The Hall–Kier alpha value is -3.60. The van der Waals surface area contributed by atoms with E-state index in [1.165, 1.54) is 22.6 Å². The maximum absolute atomic E-state index is 14.2. The molecule has 0 radical (unpaired) electrons. The van der Waals surface area contributed by atoms with Gasteiger partial charge in [-0.1, -0.05) is 51.1 Å². The molecule has 0 bridgehead atoms. The van der Waals surface area contributed by atoms with Gasteiger partial charge >= 0.3 is 13.3 Å². The van der Waals surface area contributed by atoms with E-state index in [0.29, 0.717) is 24.9 Å². The highest BCUT2D eigenvalue weighted by Gasteiger charge is 2.50. The standard InChI is InChI=1S/C30H35F2N4O6P/c1-29(2,3)25(35-26(37)23-16-18-15-19(11-13-21(18)33-23)30(31,32)43(40,41)42)28(39)36-14-6-9-24(36)27(38)34-22-12-10-17-7-4-5-8-20(17)22/h4-5,7-8,11,13,15-16,22,24-25,33H,6,9-10,12,14H2,1-3H3,(H,34,38)(H,35,37)(H2,40,41,42)/t22?,24-,25+/m0/s1. The first-order chi connectivity index (χ1) is 20.1. The maximum Gasteiger partial charge on any atom is 0.399 e. The molecule has 0 spiro atoms. The fourth-order valence-corrected chi connectivity index (χ4v) is 6.39. The number of hydrogen-bond donors (Lipinski definition) is 5. The normalized spacial score (nSPS) is 19.7. The van der Waals surface area contributed by atoms with Gasteiger partial charge in [-0.25, -0.2) is 0 Å². The van der Waals surface area contributed by atoms with Gasteiger partial charge in [0.05, 0.1) is 6.04 Å². The van der Waals surface area contributed by atoms with Crippen LogP contribution in [0.5, 0.6) is 0 Å². The second kappa shape index (κ2) is 11.2. The zero-order valence-electron chi connectivity index (χ0n) is 24.1. The Bertz CT molecular complexity index is 1630. The van der Waals surface area contributed by atoms with E-state index in [4.69, 9.17) is 9.79 Å². The number of aryl methyl sites for hydroxylation is 1. The molecule has 2 heterocycles. The van der Waals surface area contributed by atoms with Gasteiger partial charge in [0, 0.05) is 23.0 Å². The number of hydrogen-bond acceptors (Lipinski definition) is 4. The molecule has 3 atom stereocenters. The number of H-pyrrole nitrogens is 1. The average Bonchev–Trinajstić information content (AvgIpc) is 3.68. The molecule has 1 saturated heterocycles. The van der Waals surface area contributed by atoms with E-state index in [1.54, 1.807) is 20.8 Å². The molecule has 2 aromatic carbocycles. The van der Waals surface area contributed by atoms with Crippen LogP contribution in [0.15, 0.2) is 48.5 Å². The van der Waals surface area contributed by atoms with Gasteiger partial charge in [0.2, 0.25) is 11.8 Å². The summed E-state index contributed by atoms with van der Waals surface area (Å²) in [5, 5.41) is 6.02. The van der Waals surface area contributed by atoms with E-state index >= 15 is 0 Å². The molecule has 0 saturated carbocycles. The van der Waals surface area contributed by atoms with Gasteiger partial charge in [0.1, 0.15) is 17.8 Å². The first-order valence-electron chi connectivity index (χ1n) is 14.1. The number of nitrogens with one attached hydrogen (secondary N) is 3. The van der Waals surface area contributed by atoms with Crippen LogP contribution in [-0.4, -0.2) is 56.0 Å². The van der Waals surface area contributed by atoms with E-state index in [2.05, 4.69) is 15.6 Å². The van der Waals surface area contributed by atoms with Gasteiger partial charge in [0.25, 0.3) is 5.91 Å². The second-order valence-corrected chi connectivity index (χ2v) is 14.0. The molecule has 43 heavy (non-hydrogen) atoms. The van der Waals surface area contributed by atoms with Crippen LogP contribution in [0.25, 0.3) is 10.9 Å². The van der Waals surface area contributed by atoms with E-state index in [9.17, 15) is 27.7 Å². The van der Waals surface area contributed by atoms with Crippen molar-refractivity contribution < 1.29 is 37.5 Å². The fourth-order valence-electron chi connectivity index (χ4n) is 5.91. The number of nitrogens with zero attached hydrogens (tertiary/aromatic N) is 1. The molecule has 3 aromatic rings. The highest BCUT2D eigenvalue weighted by Crippen LogP contribution is 2.59. The van der Waals surface area contributed by atoms with Gasteiger partial charge in [-0.3, -0.25) is 18.9 Å². The summed E-state index contributed by atoms with van der Waals surface area (Å²) < 4.78 is 39.8. The molecule has 13 heteroatoms. The summed E-state index contributed by atoms with van der Waals surface area (Å²) in [6.07, 6.45) is 2.79. The van der Waals surface area contributed by atoms with Crippen LogP contribution in [0.4, 0.5) is 8.78 Å². The van der Waals surface area contributed by atoms with Crippen molar-refractivity contribution in [3.05, 3.63) is 70.9 Å². The lowest BCUT2D eigenvalue weighted by Crippen LogP contribution is -2.57. The number of halogens is 2. The van der Waals surface area contributed by atoms with E-state index < -0.39 is 48.1 Å². The summed E-state index contributed by atoms with van der Waals surface area (Å²) >= 11 is 0. The minimum atomic E-state index is -5.77. The molecule has 5 N–H and O–H groups in total. The molecule has 1 fully saturated rings. The number of fused-ring (bicyclic) bond motifs is 2. The number of benzene rings is 2. The first kappa shape index (κ1) is 30.8. The summed E-state index contributed by atoms with van der Waals surface area (Å²) in [6.45, 7) is 5.73. The quantitative estimate of drug-likeness (QED) is 0.249. The lowest BCUT2D eigenvalue weighted by Gasteiger charge is -2.35. The highest BCUT2D eigenvalue weighted by atomic mass is 31.2. The predicted octanol–water partition coefficient (Wildman–Crippen LogP) is 4.33. The third-order valence-electron chi connectivity index (χ3n) is 8.25. The summed E-state index contributed by atoms with van der Waals surface area (Å²) in [5.41, 5.74) is -3.48. The van der Waals surface area contributed by atoms with Gasteiger partial charge in [0.15, 0.2) is 0 Å². The van der Waals surface area contributed by atoms with Gasteiger partial charge < -0.3 is 30.3 Å². The van der Waals surface area contributed by atoms with Crippen molar-refractivity contribution in [3.8, 4) is 0 Å². The van der Waals surface area contributed by atoms with Crippen molar-refractivity contribution >= 4 is 36.2 Å². The van der Waals surface area contributed by atoms with Crippen LogP contribution in [0.1, 0.15) is 73.3 Å². The van der Waals surface area contributed by atoms with Crippen LogP contribution in [0.3, 0.4) is 0 Å². The topological polar surface area (TPSA) is 152 Å². The van der Waals surface area contributed by atoms with Crippen molar-refractivity contribution in [2.24, 2.45) is 5.41 Å². The zero-order valence-corrected chi connectivity index (χ0v) is 25.0. The van der Waals surface area contributed by atoms with Crippen LogP contribution in [0.2, 0.25) is 0 Å². The van der Waals surface area contributed by atoms with Gasteiger partial charge in [-0.2, -0.15) is 8.78 Å². The lowest BCUT2D eigenvalue weighted by molar-refractivity contribution is -0.142. The van der Waals surface area contributed by atoms with Gasteiger partial charge in [-0.15, -0.1) is 0 Å². The maximum atomic E-state index is 14.2. The molecular formula is C30H35F2N4O6P. The van der Waals surface area contributed by atoms with Crippen molar-refractivity contribution in [2.45, 2.75) is 70.2 Å². The first-order valence-corrected chi connectivity index (χ1v) is 15.8. The van der Waals surface area contributed by atoms with Crippen LogP contribution in [0, 0.1) is 5.41 Å². The number of carbonyl (C=O) groups is 3. The van der Waals surface area contributed by atoms with Crippen LogP contribution < -0.4 is 10.6 Å². The van der Waals surface area contributed by atoms with E-state index in [1.807, 2.05) is 24.3 Å². The number of aromatic amines is 1. The Morgan fingerprint density at radius 3 is 2.49 bits per heavy atom. The lowest BCUT2D eigenvalue weighted by atomic mass is 9.85. The Balaban J connectivity index is 1.33.